The standard InChI is InChI=1S/C24H19ClN2O6S/c1-12-21(23(31)33-3)34-24(26-12)27-18(13-7-5-4-6-8-13)17(20(29)22(27)30)19(28)14-9-10-16(32-2)15(25)11-14/h4-11,18,28H,1-3H3/b19-17+/t18-/m1/s1. The second kappa shape index (κ2) is 9.28. The van der Waals surface area contributed by atoms with Crippen LogP contribution < -0.4 is 9.64 Å². The minimum Gasteiger partial charge on any atom is -0.507 e. The lowest BCUT2D eigenvalue weighted by atomic mass is 9.95. The summed E-state index contributed by atoms with van der Waals surface area (Å²) in [5.74, 6) is -2.35. The van der Waals surface area contributed by atoms with Crippen molar-refractivity contribution in [3.8, 4) is 5.75 Å². The third kappa shape index (κ3) is 3.93. The second-order valence-electron chi connectivity index (χ2n) is 7.33. The molecule has 0 saturated carbocycles. The van der Waals surface area contributed by atoms with E-state index in [-0.39, 0.29) is 31.9 Å². The largest absolute Gasteiger partial charge is 0.507 e. The lowest BCUT2D eigenvalue weighted by Crippen LogP contribution is -2.29. The number of aromatic nitrogens is 1. The summed E-state index contributed by atoms with van der Waals surface area (Å²) in [4.78, 5) is 44.3. The maximum Gasteiger partial charge on any atom is 0.350 e. The first kappa shape index (κ1) is 23.5. The van der Waals surface area contributed by atoms with E-state index in [0.717, 1.165) is 11.3 Å². The molecular weight excluding hydrogens is 480 g/mol. The molecule has 34 heavy (non-hydrogen) atoms. The fraction of sp³-hybridized carbons (Fsp3) is 0.167. The summed E-state index contributed by atoms with van der Waals surface area (Å²) in [6.45, 7) is 1.61. The lowest BCUT2D eigenvalue weighted by molar-refractivity contribution is -0.132. The van der Waals surface area contributed by atoms with E-state index in [9.17, 15) is 19.5 Å². The number of thiazole rings is 1. The number of methoxy groups -OCH3 is 2. The van der Waals surface area contributed by atoms with E-state index in [1.165, 1.54) is 25.2 Å². The van der Waals surface area contributed by atoms with Crippen molar-refractivity contribution in [2.45, 2.75) is 13.0 Å². The number of ketones is 1. The van der Waals surface area contributed by atoms with Gasteiger partial charge in [0.25, 0.3) is 5.78 Å². The fourth-order valence-electron chi connectivity index (χ4n) is 3.72. The summed E-state index contributed by atoms with van der Waals surface area (Å²) in [5, 5.41) is 11.5. The van der Waals surface area contributed by atoms with E-state index < -0.39 is 23.7 Å². The maximum absolute atomic E-state index is 13.2. The fourth-order valence-corrected chi connectivity index (χ4v) is 4.99. The van der Waals surface area contributed by atoms with Crippen molar-refractivity contribution in [2.24, 2.45) is 0 Å². The highest BCUT2D eigenvalue weighted by Gasteiger charge is 2.48. The smallest absolute Gasteiger partial charge is 0.350 e. The Labute approximate surface area is 204 Å². The average Bonchev–Trinajstić information content (AvgIpc) is 3.35. The molecule has 1 amide bonds. The highest BCUT2D eigenvalue weighted by atomic mass is 35.5. The van der Waals surface area contributed by atoms with Crippen molar-refractivity contribution in [1.29, 1.82) is 0 Å². The van der Waals surface area contributed by atoms with Gasteiger partial charge in [0.2, 0.25) is 0 Å². The van der Waals surface area contributed by atoms with Gasteiger partial charge in [-0.2, -0.15) is 0 Å². The Bertz CT molecular complexity index is 1330. The molecule has 1 fully saturated rings. The number of hydrogen-bond donors (Lipinski definition) is 1. The number of aryl methyl sites for hydroxylation is 1. The maximum atomic E-state index is 13.2. The van der Waals surface area contributed by atoms with Gasteiger partial charge in [-0.15, -0.1) is 0 Å². The van der Waals surface area contributed by atoms with E-state index in [1.54, 1.807) is 49.4 Å². The van der Waals surface area contributed by atoms with E-state index >= 15 is 0 Å². The van der Waals surface area contributed by atoms with Crippen LogP contribution in [0.3, 0.4) is 0 Å². The highest BCUT2D eigenvalue weighted by molar-refractivity contribution is 7.17. The lowest BCUT2D eigenvalue weighted by Gasteiger charge is -2.23. The molecule has 1 aliphatic rings. The highest BCUT2D eigenvalue weighted by Crippen LogP contribution is 2.44. The summed E-state index contributed by atoms with van der Waals surface area (Å²) in [6.07, 6.45) is 0. The molecule has 1 N–H and O–H groups in total. The third-order valence-electron chi connectivity index (χ3n) is 5.35. The van der Waals surface area contributed by atoms with Gasteiger partial charge in [-0.3, -0.25) is 14.5 Å². The van der Waals surface area contributed by atoms with Crippen LogP contribution in [-0.4, -0.2) is 42.0 Å². The zero-order valence-electron chi connectivity index (χ0n) is 18.4. The van der Waals surface area contributed by atoms with Gasteiger partial charge in [0.1, 0.15) is 16.4 Å². The number of carbonyl (C=O) groups excluding carboxylic acids is 3. The summed E-state index contributed by atoms with van der Waals surface area (Å²) in [6, 6.07) is 12.3. The number of aliphatic hydroxyl groups excluding tert-OH is 1. The number of benzene rings is 2. The van der Waals surface area contributed by atoms with Crippen LogP contribution in [0, 0.1) is 6.92 Å². The van der Waals surface area contributed by atoms with Crippen LogP contribution in [0.1, 0.15) is 32.5 Å². The minimum atomic E-state index is -0.974. The topological polar surface area (TPSA) is 106 Å². The van der Waals surface area contributed by atoms with Gasteiger partial charge in [0.15, 0.2) is 5.13 Å². The number of anilines is 1. The first-order valence-electron chi connectivity index (χ1n) is 10.0. The van der Waals surface area contributed by atoms with E-state index in [0.29, 0.717) is 17.0 Å². The Morgan fingerprint density at radius 2 is 1.85 bits per heavy atom. The monoisotopic (exact) mass is 498 g/mol. The summed E-state index contributed by atoms with van der Waals surface area (Å²) in [7, 11) is 2.71. The number of amides is 1. The number of nitrogens with zero attached hydrogens (tertiary/aromatic N) is 2. The van der Waals surface area contributed by atoms with Gasteiger partial charge in [0, 0.05) is 5.56 Å². The number of aliphatic hydroxyl groups is 1. The van der Waals surface area contributed by atoms with Crippen LogP contribution in [0.2, 0.25) is 5.02 Å². The normalized spacial score (nSPS) is 17.2. The number of esters is 1. The first-order chi connectivity index (χ1) is 16.3. The Hall–Kier alpha value is -3.69. The van der Waals surface area contributed by atoms with Crippen LogP contribution in [0.4, 0.5) is 5.13 Å². The Kier molecular flexibility index (Phi) is 6.41. The number of hydrogen-bond acceptors (Lipinski definition) is 8. The van der Waals surface area contributed by atoms with Gasteiger partial charge >= 0.3 is 11.9 Å². The second-order valence-corrected chi connectivity index (χ2v) is 8.72. The van der Waals surface area contributed by atoms with Crippen LogP contribution >= 0.6 is 22.9 Å². The molecule has 0 unspecified atom stereocenters. The Morgan fingerprint density at radius 3 is 2.47 bits per heavy atom. The molecule has 1 aliphatic heterocycles. The van der Waals surface area contributed by atoms with Crippen molar-refractivity contribution in [2.75, 3.05) is 19.1 Å². The van der Waals surface area contributed by atoms with Gasteiger partial charge < -0.3 is 14.6 Å². The molecule has 10 heteroatoms. The quantitative estimate of drug-likeness (QED) is 0.238. The van der Waals surface area contributed by atoms with Crippen molar-refractivity contribution in [3.05, 3.63) is 80.8 Å². The molecule has 2 aromatic carbocycles. The van der Waals surface area contributed by atoms with Crippen LogP contribution in [0.15, 0.2) is 54.1 Å². The van der Waals surface area contributed by atoms with Gasteiger partial charge in [-0.05, 0) is 30.7 Å². The van der Waals surface area contributed by atoms with Crippen molar-refractivity contribution in [1.82, 2.24) is 4.98 Å². The van der Waals surface area contributed by atoms with Crippen LogP contribution in [0.25, 0.3) is 5.76 Å². The molecule has 8 nitrogen and oxygen atoms in total. The molecule has 1 atom stereocenters. The van der Waals surface area contributed by atoms with E-state index in [4.69, 9.17) is 21.1 Å². The number of ether oxygens (including phenoxy) is 2. The van der Waals surface area contributed by atoms with Crippen molar-refractivity contribution < 1.29 is 29.0 Å². The van der Waals surface area contributed by atoms with E-state index in [1.807, 2.05) is 0 Å². The molecule has 0 radical (unpaired) electrons. The molecule has 1 aromatic heterocycles. The zero-order valence-corrected chi connectivity index (χ0v) is 19.9. The van der Waals surface area contributed by atoms with Crippen LogP contribution in [-0.2, 0) is 14.3 Å². The molecule has 0 bridgehead atoms. The van der Waals surface area contributed by atoms with Crippen molar-refractivity contribution >= 4 is 51.5 Å². The summed E-state index contributed by atoms with van der Waals surface area (Å²) < 4.78 is 9.94. The number of rotatable bonds is 5. The van der Waals surface area contributed by atoms with Gasteiger partial charge in [-0.1, -0.05) is 53.3 Å². The average molecular weight is 499 g/mol. The van der Waals surface area contributed by atoms with Crippen molar-refractivity contribution in [3.63, 3.8) is 0 Å². The molecule has 4 rings (SSSR count). The predicted molar refractivity (Wildman–Crippen MR) is 127 cm³/mol. The molecule has 3 aromatic rings. The molecular formula is C24H19ClN2O6S. The molecule has 2 heterocycles. The first-order valence-corrected chi connectivity index (χ1v) is 11.2. The number of halogens is 1. The minimum absolute atomic E-state index is 0.120. The van der Waals surface area contributed by atoms with E-state index in [2.05, 4.69) is 4.98 Å². The molecule has 174 valence electrons. The number of carbonyl (C=O) groups is 3. The summed E-state index contributed by atoms with van der Waals surface area (Å²) in [5.41, 5.74) is 1.07. The SMILES string of the molecule is COC(=O)c1sc(N2C(=O)C(=O)/C(=C(/O)c3ccc(OC)c(Cl)c3)[C@H]2c2ccccc2)nc1C. The van der Waals surface area contributed by atoms with Crippen LogP contribution in [0.5, 0.6) is 5.75 Å². The Morgan fingerprint density at radius 1 is 1.15 bits per heavy atom. The van der Waals surface area contributed by atoms with Gasteiger partial charge in [0.05, 0.1) is 36.6 Å². The zero-order chi connectivity index (χ0) is 24.6. The molecule has 0 spiro atoms. The Balaban J connectivity index is 1.92. The third-order valence-corrected chi connectivity index (χ3v) is 6.78. The van der Waals surface area contributed by atoms with Gasteiger partial charge in [-0.25, -0.2) is 9.78 Å². The molecule has 0 aliphatic carbocycles. The predicted octanol–water partition coefficient (Wildman–Crippen LogP) is 4.53. The number of Topliss-reactive ketones (excluding diaryl/α,β-unsaturated/α-hetero) is 1. The molecule has 1 saturated heterocycles. The summed E-state index contributed by atoms with van der Waals surface area (Å²) >= 11 is 7.15.